The molecule has 0 saturated carbocycles. The summed E-state index contributed by atoms with van der Waals surface area (Å²) in [5.74, 6) is 1.04. The smallest absolute Gasteiger partial charge is 0.227 e. The van der Waals surface area contributed by atoms with Crippen molar-refractivity contribution in [3.05, 3.63) is 133 Å². The number of hydrogen-bond acceptors (Lipinski definition) is 6. The lowest BCUT2D eigenvalue weighted by atomic mass is 10.0. The minimum Gasteiger partial charge on any atom is -0.435 e. The molecule has 6 aromatic carbocycles. The molecule has 9 rings (SSSR count). The molecular weight excluding hydrogens is 561 g/mol. The normalized spacial score (nSPS) is 13.2. The van der Waals surface area contributed by atoms with E-state index in [0.717, 1.165) is 42.1 Å². The van der Waals surface area contributed by atoms with Crippen LogP contribution < -0.4 is 0 Å². The molecule has 0 fully saturated rings. The second-order valence-corrected chi connectivity index (χ2v) is 11.4. The predicted molar refractivity (Wildman–Crippen MR) is 180 cm³/mol. The van der Waals surface area contributed by atoms with E-state index in [1.54, 1.807) is 11.3 Å². The summed E-state index contributed by atoms with van der Waals surface area (Å²) in [5.41, 5.74) is 3.33. The number of nitrogens with zero attached hydrogens (tertiary/aromatic N) is 4. The highest BCUT2D eigenvalue weighted by Gasteiger charge is 2.20. The molecule has 6 heteroatoms. The zero-order chi connectivity index (χ0) is 33.4. The lowest BCUT2D eigenvalue weighted by Gasteiger charge is -2.11. The van der Waals surface area contributed by atoms with Crippen molar-refractivity contribution in [2.45, 2.75) is 0 Å². The van der Waals surface area contributed by atoms with E-state index in [4.69, 9.17) is 31.2 Å². The van der Waals surface area contributed by atoms with Crippen LogP contribution in [0.1, 0.15) is 6.85 Å². The van der Waals surface area contributed by atoms with E-state index in [1.165, 1.54) is 0 Å². The van der Waals surface area contributed by atoms with E-state index in [-0.39, 0.29) is 17.2 Å². The maximum absolute atomic E-state index is 8.77. The molecule has 0 amide bonds. The van der Waals surface area contributed by atoms with Crippen LogP contribution in [0, 0.1) is 0 Å². The molecule has 0 bridgehead atoms. The summed E-state index contributed by atoms with van der Waals surface area (Å²) in [6.45, 7) is 0. The molecule has 0 aliphatic carbocycles. The fourth-order valence-electron chi connectivity index (χ4n) is 5.69. The fraction of sp³-hybridized carbons (Fsp3) is 0. The summed E-state index contributed by atoms with van der Waals surface area (Å²) in [5, 5.41) is 3.62. The van der Waals surface area contributed by atoms with Crippen molar-refractivity contribution in [1.29, 1.82) is 0 Å². The van der Waals surface area contributed by atoms with Crippen molar-refractivity contribution in [2.24, 2.45) is 0 Å². The Balaban J connectivity index is 1.37. The van der Waals surface area contributed by atoms with Gasteiger partial charge >= 0.3 is 0 Å². The van der Waals surface area contributed by atoms with Gasteiger partial charge in [-0.3, -0.25) is 0 Å². The van der Waals surface area contributed by atoms with Gasteiger partial charge in [-0.15, -0.1) is 11.3 Å². The average molecular weight is 588 g/mol. The van der Waals surface area contributed by atoms with Gasteiger partial charge in [0, 0.05) is 47.8 Å². The summed E-state index contributed by atoms with van der Waals surface area (Å²) >= 11 is 1.67. The van der Waals surface area contributed by atoms with Gasteiger partial charge in [-0.1, -0.05) is 103 Å². The lowest BCUT2D eigenvalue weighted by Crippen LogP contribution is -2.01. The first-order chi connectivity index (χ1) is 23.9. The van der Waals surface area contributed by atoms with Crippen LogP contribution in [-0.4, -0.2) is 19.9 Å². The minimum atomic E-state index is -0.487. The maximum Gasteiger partial charge on any atom is 0.227 e. The number of rotatable bonds is 4. The van der Waals surface area contributed by atoms with Crippen LogP contribution in [0.3, 0.4) is 0 Å². The van der Waals surface area contributed by atoms with Gasteiger partial charge in [-0.2, -0.15) is 0 Å². The van der Waals surface area contributed by atoms with Crippen molar-refractivity contribution < 1.29 is 11.3 Å². The number of benzene rings is 6. The van der Waals surface area contributed by atoms with Crippen molar-refractivity contribution in [3.63, 3.8) is 0 Å². The van der Waals surface area contributed by atoms with E-state index in [0.29, 0.717) is 28.4 Å². The van der Waals surface area contributed by atoms with Gasteiger partial charge in [0.05, 0.1) is 6.85 Å². The lowest BCUT2D eigenvalue weighted by molar-refractivity contribution is 0.623. The summed E-state index contributed by atoms with van der Waals surface area (Å²) in [7, 11) is 0. The average Bonchev–Trinajstić information content (AvgIpc) is 3.75. The van der Waals surface area contributed by atoms with Gasteiger partial charge in [0.2, 0.25) is 5.89 Å². The Morgan fingerprint density at radius 3 is 2.07 bits per heavy atom. The third kappa shape index (κ3) is 4.00. The molecule has 3 aromatic heterocycles. The first kappa shape index (κ1) is 20.2. The Morgan fingerprint density at radius 1 is 0.545 bits per heavy atom. The van der Waals surface area contributed by atoms with E-state index in [9.17, 15) is 0 Å². The third-order valence-electron chi connectivity index (χ3n) is 7.66. The molecule has 44 heavy (non-hydrogen) atoms. The van der Waals surface area contributed by atoms with Crippen molar-refractivity contribution in [1.82, 2.24) is 19.9 Å². The van der Waals surface area contributed by atoms with Crippen LogP contribution >= 0.6 is 11.3 Å². The zero-order valence-corrected chi connectivity index (χ0v) is 23.7. The first-order valence-electron chi connectivity index (χ1n) is 16.5. The van der Waals surface area contributed by atoms with Gasteiger partial charge in [-0.05, 0) is 35.7 Å². The Kier molecular flexibility index (Phi) is 4.57. The van der Waals surface area contributed by atoms with Crippen LogP contribution in [0.4, 0.5) is 0 Å². The Morgan fingerprint density at radius 2 is 1.23 bits per heavy atom. The first-order valence-corrected chi connectivity index (χ1v) is 14.8. The zero-order valence-electron chi connectivity index (χ0n) is 27.9. The minimum absolute atomic E-state index is 0.0251. The molecule has 9 aromatic rings. The van der Waals surface area contributed by atoms with Crippen LogP contribution in [0.5, 0.6) is 0 Å². The molecule has 3 heterocycles. The summed E-state index contributed by atoms with van der Waals surface area (Å²) in [6.07, 6.45) is 0. The van der Waals surface area contributed by atoms with E-state index >= 15 is 0 Å². The van der Waals surface area contributed by atoms with Gasteiger partial charge in [0.15, 0.2) is 23.1 Å². The van der Waals surface area contributed by atoms with E-state index < -0.39 is 30.2 Å². The molecular formula is C38H22N4OS. The quantitative estimate of drug-likeness (QED) is 0.205. The Hall–Kier alpha value is -5.72. The standard InChI is InChI=1S/C38H22N4OS/c1-3-12-23(13-4-1)35-40-36(28-19-11-21-32-33(28)27-18-9-10-20-31(27)44-32)42-37(41-35)29-22-30-34(26-17-8-7-16-25(26)29)43-38(39-30)24-14-5-2-6-15-24/h1-22H/i1D,3D,4D,12D,13D. The second kappa shape index (κ2) is 9.93. The molecule has 206 valence electrons. The van der Waals surface area contributed by atoms with Gasteiger partial charge in [0.25, 0.3) is 0 Å². The van der Waals surface area contributed by atoms with Crippen LogP contribution in [0.25, 0.3) is 87.7 Å². The van der Waals surface area contributed by atoms with Crippen molar-refractivity contribution in [3.8, 4) is 45.6 Å². The summed E-state index contributed by atoms with van der Waals surface area (Å²) in [6, 6.07) is 31.2. The number of thiophene rings is 1. The third-order valence-corrected chi connectivity index (χ3v) is 8.80. The number of hydrogen-bond donors (Lipinski definition) is 0. The summed E-state index contributed by atoms with van der Waals surface area (Å²) < 4.78 is 50.9. The van der Waals surface area contributed by atoms with Crippen LogP contribution in [0.2, 0.25) is 0 Å². The summed E-state index contributed by atoms with van der Waals surface area (Å²) in [4.78, 5) is 19.6. The molecule has 0 aliphatic heterocycles. The van der Waals surface area contributed by atoms with E-state index in [2.05, 4.69) is 18.2 Å². The highest BCUT2D eigenvalue weighted by atomic mass is 32.1. The Bertz CT molecular complexity index is 2770. The van der Waals surface area contributed by atoms with Crippen molar-refractivity contribution in [2.75, 3.05) is 0 Å². The van der Waals surface area contributed by atoms with Gasteiger partial charge < -0.3 is 4.42 Å². The highest BCUT2D eigenvalue weighted by molar-refractivity contribution is 7.25. The molecule has 0 N–H and O–H groups in total. The highest BCUT2D eigenvalue weighted by Crippen LogP contribution is 2.41. The van der Waals surface area contributed by atoms with Crippen LogP contribution in [-0.2, 0) is 0 Å². The molecule has 0 aliphatic rings. The van der Waals surface area contributed by atoms with E-state index in [1.807, 2.05) is 84.9 Å². The predicted octanol–water partition coefficient (Wildman–Crippen LogP) is 10.2. The molecule has 0 spiro atoms. The maximum atomic E-state index is 8.77. The van der Waals surface area contributed by atoms with Crippen LogP contribution in [0.15, 0.2) is 138 Å². The monoisotopic (exact) mass is 587 g/mol. The molecule has 0 atom stereocenters. The number of fused-ring (bicyclic) bond motifs is 6. The van der Waals surface area contributed by atoms with Gasteiger partial charge in [0.1, 0.15) is 5.52 Å². The molecule has 5 nitrogen and oxygen atoms in total. The second-order valence-electron chi connectivity index (χ2n) is 10.3. The molecule has 0 radical (unpaired) electrons. The van der Waals surface area contributed by atoms with Crippen molar-refractivity contribution >= 4 is 53.4 Å². The Labute approximate surface area is 263 Å². The number of aromatic nitrogens is 4. The SMILES string of the molecule is [2H]c1c([2H])c([2H])c(-c2nc(-c3cc4nc(-c5ccccc5)oc4c4ccccc34)nc(-c3cccc4sc5ccccc5c34)n2)c([2H])c1[2H]. The topological polar surface area (TPSA) is 64.7 Å². The molecule has 0 unspecified atom stereocenters. The number of oxazole rings is 1. The fourth-order valence-corrected chi connectivity index (χ4v) is 6.83. The largest absolute Gasteiger partial charge is 0.435 e. The van der Waals surface area contributed by atoms with Gasteiger partial charge in [-0.25, -0.2) is 19.9 Å². The molecule has 0 saturated heterocycles.